The summed E-state index contributed by atoms with van der Waals surface area (Å²) in [7, 11) is 0. The van der Waals surface area contributed by atoms with Gasteiger partial charge in [-0.2, -0.15) is 5.26 Å². The maximum atomic E-state index is 11.9. The lowest BCUT2D eigenvalue weighted by Gasteiger charge is -2.32. The van der Waals surface area contributed by atoms with E-state index in [1.807, 2.05) is 11.0 Å². The average Bonchev–Trinajstić information content (AvgIpc) is 2.70. The minimum absolute atomic E-state index is 0.0481. The Balaban J connectivity index is 2.05. The van der Waals surface area contributed by atoms with Gasteiger partial charge in [-0.1, -0.05) is 12.8 Å². The van der Waals surface area contributed by atoms with Gasteiger partial charge in [0, 0.05) is 12.6 Å². The Morgan fingerprint density at radius 3 is 2.87 bits per heavy atom. The third kappa shape index (κ3) is 1.86. The largest absolute Gasteiger partial charge is 0.338 e. The molecule has 0 aromatic heterocycles. The molecule has 1 aliphatic carbocycles. The smallest absolute Gasteiger partial charge is 0.239 e. The normalized spacial score (nSPS) is 31.9. The van der Waals surface area contributed by atoms with Crippen molar-refractivity contribution in [2.75, 3.05) is 6.54 Å². The molecule has 3 nitrogen and oxygen atoms in total. The van der Waals surface area contributed by atoms with Crippen LogP contribution in [0.4, 0.5) is 0 Å². The van der Waals surface area contributed by atoms with E-state index in [2.05, 4.69) is 0 Å². The number of nitriles is 1. The maximum absolute atomic E-state index is 11.9. The number of hydrogen-bond acceptors (Lipinski definition) is 2. The lowest BCUT2D eigenvalue weighted by Crippen LogP contribution is -2.41. The predicted octanol–water partition coefficient (Wildman–Crippen LogP) is 1.94. The molecule has 1 aliphatic heterocycles. The molecule has 0 bridgehead atoms. The fourth-order valence-electron chi connectivity index (χ4n) is 2.98. The molecule has 1 amide bonds. The number of rotatable bonds is 1. The number of hydrogen-bond donors (Lipinski definition) is 0. The zero-order valence-corrected chi connectivity index (χ0v) is 9.28. The number of carbonyl (C=O) groups excluding carboxylic acids is 1. The van der Waals surface area contributed by atoms with Gasteiger partial charge in [-0.15, -0.1) is 0 Å². The van der Waals surface area contributed by atoms with Gasteiger partial charge in [-0.05, 0) is 32.1 Å². The van der Waals surface area contributed by atoms with Crippen LogP contribution in [-0.2, 0) is 4.79 Å². The minimum atomic E-state index is -0.467. The average molecular weight is 206 g/mol. The fourth-order valence-corrected chi connectivity index (χ4v) is 2.98. The van der Waals surface area contributed by atoms with Gasteiger partial charge in [0.1, 0.15) is 5.92 Å². The molecular weight excluding hydrogens is 188 g/mol. The predicted molar refractivity (Wildman–Crippen MR) is 56.9 cm³/mol. The Kier molecular flexibility index (Phi) is 2.95. The van der Waals surface area contributed by atoms with Crippen molar-refractivity contribution in [3.05, 3.63) is 0 Å². The molecule has 0 radical (unpaired) electrons. The van der Waals surface area contributed by atoms with Crippen molar-refractivity contribution in [1.29, 1.82) is 5.26 Å². The summed E-state index contributed by atoms with van der Waals surface area (Å²) >= 11 is 0. The van der Waals surface area contributed by atoms with Gasteiger partial charge in [0.25, 0.3) is 0 Å². The van der Waals surface area contributed by atoms with Gasteiger partial charge in [0.05, 0.1) is 6.07 Å². The first kappa shape index (κ1) is 10.5. The van der Waals surface area contributed by atoms with Crippen LogP contribution in [0.15, 0.2) is 0 Å². The quantitative estimate of drug-likeness (QED) is 0.658. The third-order valence-electron chi connectivity index (χ3n) is 3.86. The molecule has 3 heteroatoms. The molecule has 3 unspecified atom stereocenters. The molecule has 2 aliphatic rings. The summed E-state index contributed by atoms with van der Waals surface area (Å²) in [6, 6.07) is 2.49. The SMILES string of the molecule is CC(C#N)C(=O)N1CCC2CCCCC21. The zero-order valence-electron chi connectivity index (χ0n) is 9.28. The first-order valence-electron chi connectivity index (χ1n) is 5.94. The topological polar surface area (TPSA) is 44.1 Å². The Hall–Kier alpha value is -1.04. The van der Waals surface area contributed by atoms with Crippen LogP contribution in [0.2, 0.25) is 0 Å². The number of nitrogens with zero attached hydrogens (tertiary/aromatic N) is 2. The lowest BCUT2D eigenvalue weighted by molar-refractivity contribution is -0.134. The number of likely N-dealkylation sites (tertiary alicyclic amines) is 1. The Bertz CT molecular complexity index is 294. The van der Waals surface area contributed by atoms with Gasteiger partial charge in [-0.25, -0.2) is 0 Å². The van der Waals surface area contributed by atoms with Gasteiger partial charge in [-0.3, -0.25) is 4.79 Å². The summed E-state index contributed by atoms with van der Waals surface area (Å²) in [5.41, 5.74) is 0. The number of fused-ring (bicyclic) bond motifs is 1. The van der Waals surface area contributed by atoms with Crippen molar-refractivity contribution >= 4 is 5.91 Å². The van der Waals surface area contributed by atoms with E-state index in [1.165, 1.54) is 19.3 Å². The molecule has 15 heavy (non-hydrogen) atoms. The van der Waals surface area contributed by atoms with Crippen molar-refractivity contribution in [3.63, 3.8) is 0 Å². The molecule has 1 heterocycles. The van der Waals surface area contributed by atoms with E-state index >= 15 is 0 Å². The van der Waals surface area contributed by atoms with Crippen LogP contribution in [0.5, 0.6) is 0 Å². The molecule has 0 N–H and O–H groups in total. The molecule has 2 rings (SSSR count). The second-order valence-electron chi connectivity index (χ2n) is 4.78. The van der Waals surface area contributed by atoms with E-state index in [9.17, 15) is 4.79 Å². The summed E-state index contributed by atoms with van der Waals surface area (Å²) in [4.78, 5) is 13.9. The Labute approximate surface area is 91.1 Å². The monoisotopic (exact) mass is 206 g/mol. The zero-order chi connectivity index (χ0) is 10.8. The summed E-state index contributed by atoms with van der Waals surface area (Å²) in [5.74, 6) is 0.297. The third-order valence-corrected chi connectivity index (χ3v) is 3.86. The maximum Gasteiger partial charge on any atom is 0.239 e. The molecular formula is C12H18N2O. The van der Waals surface area contributed by atoms with Crippen molar-refractivity contribution in [1.82, 2.24) is 4.90 Å². The first-order chi connectivity index (χ1) is 7.24. The van der Waals surface area contributed by atoms with Gasteiger partial charge in [0.15, 0.2) is 0 Å². The van der Waals surface area contributed by atoms with Gasteiger partial charge in [0.2, 0.25) is 5.91 Å². The molecule has 0 aromatic carbocycles. The van der Waals surface area contributed by atoms with E-state index < -0.39 is 5.92 Å². The van der Waals surface area contributed by atoms with E-state index in [0.717, 1.165) is 19.4 Å². The molecule has 82 valence electrons. The van der Waals surface area contributed by atoms with Crippen LogP contribution >= 0.6 is 0 Å². The van der Waals surface area contributed by atoms with Crippen LogP contribution in [0.1, 0.15) is 39.0 Å². The van der Waals surface area contributed by atoms with E-state index in [4.69, 9.17) is 5.26 Å². The highest BCUT2D eigenvalue weighted by Gasteiger charge is 2.39. The second-order valence-corrected chi connectivity index (χ2v) is 4.78. The highest BCUT2D eigenvalue weighted by molar-refractivity contribution is 5.81. The molecule has 3 atom stereocenters. The van der Waals surface area contributed by atoms with Crippen LogP contribution in [0.25, 0.3) is 0 Å². The van der Waals surface area contributed by atoms with E-state index in [-0.39, 0.29) is 5.91 Å². The van der Waals surface area contributed by atoms with Crippen LogP contribution in [0.3, 0.4) is 0 Å². The molecule has 1 saturated heterocycles. The minimum Gasteiger partial charge on any atom is -0.338 e. The van der Waals surface area contributed by atoms with Crippen LogP contribution in [0, 0.1) is 23.2 Å². The van der Waals surface area contributed by atoms with Gasteiger partial charge < -0.3 is 4.90 Å². The van der Waals surface area contributed by atoms with Crippen molar-refractivity contribution < 1.29 is 4.79 Å². The standard InChI is InChI=1S/C12H18N2O/c1-9(8-13)12(15)14-7-6-10-4-2-3-5-11(10)14/h9-11H,2-7H2,1H3. The lowest BCUT2D eigenvalue weighted by atomic mass is 9.85. The highest BCUT2D eigenvalue weighted by atomic mass is 16.2. The Morgan fingerprint density at radius 1 is 1.40 bits per heavy atom. The molecule has 1 saturated carbocycles. The molecule has 2 fully saturated rings. The van der Waals surface area contributed by atoms with E-state index in [1.54, 1.807) is 6.92 Å². The first-order valence-corrected chi connectivity index (χ1v) is 5.94. The highest BCUT2D eigenvalue weighted by Crippen LogP contribution is 2.36. The van der Waals surface area contributed by atoms with Crippen molar-refractivity contribution in [3.8, 4) is 6.07 Å². The van der Waals surface area contributed by atoms with Crippen LogP contribution < -0.4 is 0 Å². The van der Waals surface area contributed by atoms with Gasteiger partial charge >= 0.3 is 0 Å². The fraction of sp³-hybridized carbons (Fsp3) is 0.833. The van der Waals surface area contributed by atoms with Crippen molar-refractivity contribution in [2.24, 2.45) is 11.8 Å². The number of amides is 1. The number of carbonyl (C=O) groups is 1. The molecule has 0 aromatic rings. The Morgan fingerprint density at radius 2 is 2.13 bits per heavy atom. The summed E-state index contributed by atoms with van der Waals surface area (Å²) < 4.78 is 0. The van der Waals surface area contributed by atoms with Crippen molar-refractivity contribution in [2.45, 2.75) is 45.1 Å². The van der Waals surface area contributed by atoms with E-state index in [0.29, 0.717) is 12.0 Å². The van der Waals surface area contributed by atoms with Crippen LogP contribution in [-0.4, -0.2) is 23.4 Å². The summed E-state index contributed by atoms with van der Waals surface area (Å²) in [6.45, 7) is 2.58. The summed E-state index contributed by atoms with van der Waals surface area (Å²) in [6.07, 6.45) is 6.13. The second kappa shape index (κ2) is 4.22. The molecule has 0 spiro atoms. The summed E-state index contributed by atoms with van der Waals surface area (Å²) in [5, 5.41) is 8.76.